The van der Waals surface area contributed by atoms with Crippen molar-refractivity contribution >= 4 is 9.84 Å². The van der Waals surface area contributed by atoms with Crippen LogP contribution in [0.2, 0.25) is 0 Å². The molecule has 0 amide bonds. The second-order valence-electron chi connectivity index (χ2n) is 3.17. The molecule has 0 saturated heterocycles. The highest BCUT2D eigenvalue weighted by Crippen LogP contribution is 2.13. The first-order chi connectivity index (χ1) is 8.00. The second-order valence-corrected chi connectivity index (χ2v) is 5.19. The lowest BCUT2D eigenvalue weighted by atomic mass is 10.3. The molecule has 0 unspecified atom stereocenters. The van der Waals surface area contributed by atoms with Crippen LogP contribution in [0.15, 0.2) is 53.9 Å². The molecule has 0 aliphatic rings. The van der Waals surface area contributed by atoms with Crippen LogP contribution in [0.1, 0.15) is 0 Å². The van der Waals surface area contributed by atoms with Gasteiger partial charge in [0.05, 0.1) is 4.90 Å². The number of rotatable bonds is 1. The molecule has 0 radical (unpaired) electrons. The standard InChI is InChI=1S/C7H8O3S.C4H4N2/c1-11(9,10)7-4-2-6(8)3-5-7;1-2-5-4-6-3-1/h2-5,8H,1H3;1-4H. The van der Waals surface area contributed by atoms with Crippen molar-refractivity contribution in [2.75, 3.05) is 6.26 Å². The van der Waals surface area contributed by atoms with Crippen molar-refractivity contribution in [2.45, 2.75) is 4.90 Å². The largest absolute Gasteiger partial charge is 0.508 e. The number of hydrogen-bond donors (Lipinski definition) is 1. The summed E-state index contributed by atoms with van der Waals surface area (Å²) < 4.78 is 21.7. The van der Waals surface area contributed by atoms with Gasteiger partial charge in [0.15, 0.2) is 9.84 Å². The van der Waals surface area contributed by atoms with E-state index in [-0.39, 0.29) is 10.6 Å². The van der Waals surface area contributed by atoms with Gasteiger partial charge in [-0.15, -0.1) is 0 Å². The summed E-state index contributed by atoms with van der Waals surface area (Å²) in [5.41, 5.74) is 0. The van der Waals surface area contributed by atoms with E-state index in [9.17, 15) is 8.42 Å². The molecule has 0 saturated carbocycles. The Balaban J connectivity index is 0.000000202. The fraction of sp³-hybridized carbons (Fsp3) is 0.0909. The summed E-state index contributed by atoms with van der Waals surface area (Å²) in [5.74, 6) is 0.0670. The van der Waals surface area contributed by atoms with Crippen LogP contribution in [0, 0.1) is 0 Å². The quantitative estimate of drug-likeness (QED) is 0.826. The van der Waals surface area contributed by atoms with E-state index in [1.807, 2.05) is 0 Å². The van der Waals surface area contributed by atoms with Gasteiger partial charge in [0.1, 0.15) is 12.1 Å². The van der Waals surface area contributed by atoms with Crippen LogP contribution in [-0.2, 0) is 9.84 Å². The lowest BCUT2D eigenvalue weighted by Crippen LogP contribution is -1.95. The Morgan fingerprint density at radius 1 is 1.06 bits per heavy atom. The normalized spacial score (nSPS) is 10.2. The average Bonchev–Trinajstić information content (AvgIpc) is 2.31. The maximum absolute atomic E-state index is 10.9. The molecule has 0 spiro atoms. The molecule has 0 aliphatic carbocycles. The number of nitrogens with zero attached hydrogens (tertiary/aromatic N) is 2. The molecular weight excluding hydrogens is 240 g/mol. The van der Waals surface area contributed by atoms with E-state index in [0.717, 1.165) is 6.26 Å². The van der Waals surface area contributed by atoms with Gasteiger partial charge in [0.25, 0.3) is 0 Å². The van der Waals surface area contributed by atoms with Gasteiger partial charge in [-0.2, -0.15) is 0 Å². The summed E-state index contributed by atoms with van der Waals surface area (Å²) in [6, 6.07) is 7.20. The topological polar surface area (TPSA) is 80.2 Å². The molecule has 5 nitrogen and oxygen atoms in total. The Hall–Kier alpha value is -1.95. The number of sulfone groups is 1. The summed E-state index contributed by atoms with van der Waals surface area (Å²) in [6.07, 6.45) is 6.00. The summed E-state index contributed by atoms with van der Waals surface area (Å²) in [5, 5.41) is 8.83. The summed E-state index contributed by atoms with van der Waals surface area (Å²) in [4.78, 5) is 7.57. The van der Waals surface area contributed by atoms with E-state index in [1.54, 1.807) is 18.5 Å². The summed E-state index contributed by atoms with van der Waals surface area (Å²) in [7, 11) is -3.13. The maximum atomic E-state index is 10.9. The predicted octanol–water partition coefficient (Wildman–Crippen LogP) is 1.27. The third kappa shape index (κ3) is 5.07. The average molecular weight is 252 g/mol. The summed E-state index contributed by atoms with van der Waals surface area (Å²) in [6.45, 7) is 0. The number of phenolic OH excluding ortho intramolecular Hbond substituents is 1. The zero-order chi connectivity index (χ0) is 12.7. The minimum absolute atomic E-state index is 0.0670. The second kappa shape index (κ2) is 5.95. The maximum Gasteiger partial charge on any atom is 0.175 e. The zero-order valence-corrected chi connectivity index (χ0v) is 10.0. The van der Waals surface area contributed by atoms with Crippen LogP contribution in [0.5, 0.6) is 5.75 Å². The number of benzene rings is 1. The highest BCUT2D eigenvalue weighted by Gasteiger charge is 2.04. The zero-order valence-electron chi connectivity index (χ0n) is 9.19. The monoisotopic (exact) mass is 252 g/mol. The molecule has 0 atom stereocenters. The minimum Gasteiger partial charge on any atom is -0.508 e. The smallest absolute Gasteiger partial charge is 0.175 e. The number of aromatic hydroxyl groups is 1. The van der Waals surface area contributed by atoms with Crippen molar-refractivity contribution in [3.05, 3.63) is 49.1 Å². The lowest BCUT2D eigenvalue weighted by molar-refractivity contribution is 0.475. The van der Waals surface area contributed by atoms with Crippen molar-refractivity contribution in [1.29, 1.82) is 0 Å². The fourth-order valence-corrected chi connectivity index (χ4v) is 1.58. The first kappa shape index (κ1) is 13.1. The molecule has 17 heavy (non-hydrogen) atoms. The van der Waals surface area contributed by atoms with Crippen molar-refractivity contribution in [3.63, 3.8) is 0 Å². The van der Waals surface area contributed by atoms with Gasteiger partial charge in [-0.3, -0.25) is 0 Å². The van der Waals surface area contributed by atoms with Gasteiger partial charge in [0, 0.05) is 18.6 Å². The van der Waals surface area contributed by atoms with Crippen LogP contribution in [0.3, 0.4) is 0 Å². The first-order valence-corrected chi connectivity index (χ1v) is 6.58. The van der Waals surface area contributed by atoms with Crippen molar-refractivity contribution in [3.8, 4) is 5.75 Å². The fourth-order valence-electron chi connectivity index (χ4n) is 0.947. The Morgan fingerprint density at radius 2 is 1.59 bits per heavy atom. The van der Waals surface area contributed by atoms with Gasteiger partial charge in [0.2, 0.25) is 0 Å². The molecule has 1 N–H and O–H groups in total. The third-order valence-corrected chi connectivity index (χ3v) is 2.87. The van der Waals surface area contributed by atoms with Crippen molar-refractivity contribution < 1.29 is 13.5 Å². The molecule has 2 aromatic rings. The number of hydrogen-bond acceptors (Lipinski definition) is 5. The van der Waals surface area contributed by atoms with Gasteiger partial charge >= 0.3 is 0 Å². The van der Waals surface area contributed by atoms with E-state index < -0.39 is 9.84 Å². The molecule has 6 heteroatoms. The SMILES string of the molecule is CS(=O)(=O)c1ccc(O)cc1.c1cncnc1. The highest BCUT2D eigenvalue weighted by atomic mass is 32.2. The van der Waals surface area contributed by atoms with Gasteiger partial charge in [-0.25, -0.2) is 18.4 Å². The molecule has 1 aromatic heterocycles. The van der Waals surface area contributed by atoms with Crippen LogP contribution in [0.25, 0.3) is 0 Å². The number of aromatic nitrogens is 2. The molecule has 0 fully saturated rings. The van der Waals surface area contributed by atoms with Crippen LogP contribution in [0.4, 0.5) is 0 Å². The Labute approximate surface area is 99.7 Å². The minimum atomic E-state index is -3.13. The molecule has 0 aliphatic heterocycles. The van der Waals surface area contributed by atoms with Gasteiger partial charge < -0.3 is 5.11 Å². The van der Waals surface area contributed by atoms with E-state index in [2.05, 4.69) is 9.97 Å². The molecule has 1 aromatic carbocycles. The van der Waals surface area contributed by atoms with Crippen molar-refractivity contribution in [1.82, 2.24) is 9.97 Å². The van der Waals surface area contributed by atoms with Crippen molar-refractivity contribution in [2.24, 2.45) is 0 Å². The Morgan fingerprint density at radius 3 is 1.88 bits per heavy atom. The third-order valence-electron chi connectivity index (χ3n) is 1.74. The number of phenols is 1. The van der Waals surface area contributed by atoms with Gasteiger partial charge in [-0.05, 0) is 30.3 Å². The molecule has 1 heterocycles. The van der Waals surface area contributed by atoms with Crippen LogP contribution in [-0.4, -0.2) is 29.7 Å². The van der Waals surface area contributed by atoms with Crippen LogP contribution < -0.4 is 0 Å². The Bertz CT molecular complexity index is 512. The van der Waals surface area contributed by atoms with E-state index in [4.69, 9.17) is 5.11 Å². The Kier molecular flexibility index (Phi) is 4.59. The molecule has 90 valence electrons. The molecule has 2 rings (SSSR count). The molecule has 0 bridgehead atoms. The van der Waals surface area contributed by atoms with E-state index >= 15 is 0 Å². The first-order valence-electron chi connectivity index (χ1n) is 4.69. The van der Waals surface area contributed by atoms with E-state index in [0.29, 0.717) is 0 Å². The molecular formula is C11H12N2O3S. The highest BCUT2D eigenvalue weighted by molar-refractivity contribution is 7.90. The predicted molar refractivity (Wildman–Crippen MR) is 63.2 cm³/mol. The van der Waals surface area contributed by atoms with E-state index in [1.165, 1.54) is 30.6 Å². The lowest BCUT2D eigenvalue weighted by Gasteiger charge is -1.96. The van der Waals surface area contributed by atoms with Crippen LogP contribution >= 0.6 is 0 Å². The summed E-state index contributed by atoms with van der Waals surface area (Å²) >= 11 is 0. The van der Waals surface area contributed by atoms with Gasteiger partial charge in [-0.1, -0.05) is 0 Å².